The lowest BCUT2D eigenvalue weighted by Crippen LogP contribution is -2.34. The Hall–Kier alpha value is -2.49. The van der Waals surface area contributed by atoms with Crippen molar-refractivity contribution in [3.8, 4) is 5.75 Å². The van der Waals surface area contributed by atoms with Crippen LogP contribution in [0.25, 0.3) is 11.0 Å². The molecule has 102 valence electrons. The number of fused-ring (bicyclic) bond motifs is 1. The highest BCUT2D eigenvalue weighted by molar-refractivity contribution is 5.72. The number of aromatic nitrogens is 2. The molecule has 0 aliphatic rings. The largest absolute Gasteiger partial charge is 0.508 e. The molecule has 0 fully saturated rings. The maximum absolute atomic E-state index is 9.80. The van der Waals surface area contributed by atoms with Crippen LogP contribution in [0.4, 0.5) is 5.95 Å². The summed E-state index contributed by atoms with van der Waals surface area (Å²) in [5.74, 6) is 1.27. The van der Waals surface area contributed by atoms with E-state index in [4.69, 9.17) is 0 Å². The van der Waals surface area contributed by atoms with Crippen molar-refractivity contribution in [1.29, 1.82) is 0 Å². The quantitative estimate of drug-likeness (QED) is 0.637. The van der Waals surface area contributed by atoms with Gasteiger partial charge in [-0.3, -0.25) is 5.32 Å². The monoisotopic (exact) mass is 268 g/mol. The number of para-hydroxylation sites is 3. The average Bonchev–Trinajstić information content (AvgIpc) is 2.84. The van der Waals surface area contributed by atoms with E-state index in [2.05, 4.69) is 33.9 Å². The molecule has 0 atom stereocenters. The minimum atomic E-state index is 0.319. The molecule has 3 N–H and O–H groups in total. The number of aromatic amines is 1. The molecule has 3 rings (SSSR count). The van der Waals surface area contributed by atoms with Crippen LogP contribution in [-0.2, 0) is 13.1 Å². The summed E-state index contributed by atoms with van der Waals surface area (Å²) in [6.07, 6.45) is 0. The maximum atomic E-state index is 9.80. The van der Waals surface area contributed by atoms with Crippen LogP contribution in [0.2, 0.25) is 0 Å². The standard InChI is InChI=1S/C16H17N3O/c1-2-19-14-9-5-4-8-13(14)18-16(19)17-11-12-7-3-6-10-15(12)20/h3-10H,2,11H2,1H3,(H2,17,18,20)/p+1. The number of anilines is 1. The fourth-order valence-electron chi connectivity index (χ4n) is 2.44. The molecule has 4 nitrogen and oxygen atoms in total. The summed E-state index contributed by atoms with van der Waals surface area (Å²) in [6.45, 7) is 3.58. The van der Waals surface area contributed by atoms with Gasteiger partial charge in [-0.25, -0.2) is 9.55 Å². The van der Waals surface area contributed by atoms with Crippen LogP contribution >= 0.6 is 0 Å². The van der Waals surface area contributed by atoms with Crippen LogP contribution in [0.5, 0.6) is 5.75 Å². The van der Waals surface area contributed by atoms with Gasteiger partial charge in [-0.2, -0.15) is 0 Å². The zero-order chi connectivity index (χ0) is 13.9. The molecule has 0 spiro atoms. The van der Waals surface area contributed by atoms with Gasteiger partial charge in [-0.05, 0) is 25.1 Å². The highest BCUT2D eigenvalue weighted by Crippen LogP contribution is 2.17. The molecule has 0 aliphatic heterocycles. The molecule has 1 aromatic heterocycles. The summed E-state index contributed by atoms with van der Waals surface area (Å²) in [5, 5.41) is 13.2. The first-order valence-corrected chi connectivity index (χ1v) is 6.81. The third-order valence-corrected chi connectivity index (χ3v) is 3.47. The first kappa shape index (κ1) is 12.5. The fraction of sp³-hybridized carbons (Fsp3) is 0.188. The van der Waals surface area contributed by atoms with E-state index in [9.17, 15) is 5.11 Å². The van der Waals surface area contributed by atoms with Crippen molar-refractivity contribution in [2.24, 2.45) is 0 Å². The van der Waals surface area contributed by atoms with Gasteiger partial charge in [0, 0.05) is 5.56 Å². The topological polar surface area (TPSA) is 51.9 Å². The van der Waals surface area contributed by atoms with Crippen molar-refractivity contribution in [2.45, 2.75) is 20.0 Å². The third kappa shape index (κ3) is 2.20. The van der Waals surface area contributed by atoms with Crippen LogP contribution in [-0.4, -0.2) is 10.1 Å². The van der Waals surface area contributed by atoms with Gasteiger partial charge in [0.2, 0.25) is 0 Å². The van der Waals surface area contributed by atoms with Gasteiger partial charge in [0.25, 0.3) is 0 Å². The van der Waals surface area contributed by atoms with Crippen molar-refractivity contribution in [2.75, 3.05) is 5.32 Å². The molecule has 0 saturated heterocycles. The molecule has 0 saturated carbocycles. The first-order valence-electron chi connectivity index (χ1n) is 6.81. The van der Waals surface area contributed by atoms with E-state index in [0.717, 1.165) is 23.6 Å². The number of phenols is 1. The smallest absolute Gasteiger partial charge is 0.356 e. The predicted octanol–water partition coefficient (Wildman–Crippen LogP) is 2.79. The minimum absolute atomic E-state index is 0.319. The number of rotatable bonds is 4. The number of aromatic hydroxyl groups is 1. The lowest BCUT2D eigenvalue weighted by atomic mass is 10.2. The number of benzene rings is 2. The Balaban J connectivity index is 1.89. The van der Waals surface area contributed by atoms with Gasteiger partial charge in [-0.1, -0.05) is 30.3 Å². The Labute approximate surface area is 117 Å². The van der Waals surface area contributed by atoms with Gasteiger partial charge in [0.05, 0.1) is 13.1 Å². The molecule has 1 heterocycles. The zero-order valence-corrected chi connectivity index (χ0v) is 11.4. The molecule has 0 bridgehead atoms. The van der Waals surface area contributed by atoms with E-state index in [-0.39, 0.29) is 0 Å². The molecule has 0 radical (unpaired) electrons. The molecule has 0 aliphatic carbocycles. The summed E-state index contributed by atoms with van der Waals surface area (Å²) < 4.78 is 2.19. The Kier molecular flexibility index (Phi) is 3.29. The second-order valence-electron chi connectivity index (χ2n) is 4.72. The highest BCUT2D eigenvalue weighted by Gasteiger charge is 2.15. The van der Waals surface area contributed by atoms with E-state index in [1.54, 1.807) is 6.07 Å². The number of hydrogen-bond acceptors (Lipinski definition) is 2. The first-order chi connectivity index (χ1) is 9.79. The summed E-state index contributed by atoms with van der Waals surface area (Å²) >= 11 is 0. The zero-order valence-electron chi connectivity index (χ0n) is 11.4. The van der Waals surface area contributed by atoms with Crippen LogP contribution in [0.3, 0.4) is 0 Å². The number of H-pyrrole nitrogens is 1. The van der Waals surface area contributed by atoms with E-state index >= 15 is 0 Å². The van der Waals surface area contributed by atoms with E-state index < -0.39 is 0 Å². The second-order valence-corrected chi connectivity index (χ2v) is 4.72. The Morgan fingerprint density at radius 2 is 1.85 bits per heavy atom. The second kappa shape index (κ2) is 5.25. The van der Waals surface area contributed by atoms with Crippen molar-refractivity contribution in [3.05, 3.63) is 54.1 Å². The number of aryl methyl sites for hydroxylation is 1. The molecule has 0 unspecified atom stereocenters. The number of nitrogens with one attached hydrogen (secondary N) is 2. The van der Waals surface area contributed by atoms with Crippen molar-refractivity contribution in [3.63, 3.8) is 0 Å². The minimum Gasteiger partial charge on any atom is -0.508 e. The lowest BCUT2D eigenvalue weighted by Gasteiger charge is -2.04. The third-order valence-electron chi connectivity index (χ3n) is 3.47. The van der Waals surface area contributed by atoms with Crippen LogP contribution < -0.4 is 9.88 Å². The number of nitrogens with zero attached hydrogens (tertiary/aromatic N) is 1. The van der Waals surface area contributed by atoms with Crippen LogP contribution in [0.1, 0.15) is 12.5 Å². The molecule has 4 heteroatoms. The highest BCUT2D eigenvalue weighted by atomic mass is 16.3. The Morgan fingerprint density at radius 3 is 2.65 bits per heavy atom. The van der Waals surface area contributed by atoms with E-state index in [0.29, 0.717) is 12.3 Å². The van der Waals surface area contributed by atoms with Gasteiger partial charge < -0.3 is 5.11 Å². The average molecular weight is 268 g/mol. The van der Waals surface area contributed by atoms with Crippen LogP contribution in [0, 0.1) is 0 Å². The normalized spacial score (nSPS) is 10.8. The SMILES string of the molecule is CC[n+]1c(NCc2ccccc2O)[nH]c2ccccc21. The molecule has 0 amide bonds. The fourth-order valence-corrected chi connectivity index (χ4v) is 2.44. The number of hydrogen-bond donors (Lipinski definition) is 3. The summed E-state index contributed by atoms with van der Waals surface area (Å²) in [4.78, 5) is 3.38. The molecular weight excluding hydrogens is 250 g/mol. The molecule has 20 heavy (non-hydrogen) atoms. The van der Waals surface area contributed by atoms with Gasteiger partial charge in [0.1, 0.15) is 16.8 Å². The van der Waals surface area contributed by atoms with E-state index in [1.807, 2.05) is 30.3 Å². The maximum Gasteiger partial charge on any atom is 0.356 e. The van der Waals surface area contributed by atoms with E-state index in [1.165, 1.54) is 5.52 Å². The predicted molar refractivity (Wildman–Crippen MR) is 79.6 cm³/mol. The number of imidazole rings is 1. The molecular formula is C16H18N3O+. The van der Waals surface area contributed by atoms with Crippen molar-refractivity contribution >= 4 is 17.0 Å². The summed E-state index contributed by atoms with van der Waals surface area (Å²) in [7, 11) is 0. The van der Waals surface area contributed by atoms with Crippen molar-refractivity contribution < 1.29 is 9.67 Å². The van der Waals surface area contributed by atoms with Gasteiger partial charge in [0.15, 0.2) is 0 Å². The number of phenolic OH excluding ortho intramolecular Hbond substituents is 1. The lowest BCUT2D eigenvalue weighted by molar-refractivity contribution is -0.653. The Morgan fingerprint density at radius 1 is 1.10 bits per heavy atom. The van der Waals surface area contributed by atoms with Crippen LogP contribution in [0.15, 0.2) is 48.5 Å². The molecule has 2 aromatic carbocycles. The van der Waals surface area contributed by atoms with Gasteiger partial charge in [-0.15, -0.1) is 0 Å². The van der Waals surface area contributed by atoms with Crippen molar-refractivity contribution in [1.82, 2.24) is 4.98 Å². The Bertz CT molecular complexity index is 733. The summed E-state index contributed by atoms with van der Waals surface area (Å²) in [5.41, 5.74) is 3.16. The molecule has 3 aromatic rings. The summed E-state index contributed by atoms with van der Waals surface area (Å²) in [6, 6.07) is 15.6. The van der Waals surface area contributed by atoms with Gasteiger partial charge >= 0.3 is 5.95 Å².